The van der Waals surface area contributed by atoms with Gasteiger partial charge in [-0.05, 0) is 32.1 Å². The van der Waals surface area contributed by atoms with Gasteiger partial charge < -0.3 is 14.7 Å². The standard InChI is InChI=1S/C22H27N3O/c1-4-24-17-20(18-11-7-5-8-12-18)21(19-13-9-6-10-14-19)25(22(24)26)16-15-23(2)3/h5-14,17,21H,4,15-16H2,1-3H3. The van der Waals surface area contributed by atoms with Gasteiger partial charge in [0, 0.05) is 31.4 Å². The molecule has 1 heterocycles. The fraction of sp³-hybridized carbons (Fsp3) is 0.318. The topological polar surface area (TPSA) is 26.8 Å². The van der Waals surface area contributed by atoms with Crippen LogP contribution in [0, 0.1) is 0 Å². The monoisotopic (exact) mass is 349 g/mol. The van der Waals surface area contributed by atoms with E-state index in [2.05, 4.69) is 41.3 Å². The first-order valence-electron chi connectivity index (χ1n) is 9.16. The molecule has 0 aliphatic carbocycles. The molecule has 2 aromatic carbocycles. The molecular weight excluding hydrogens is 322 g/mol. The smallest absolute Gasteiger partial charge is 0.312 e. The van der Waals surface area contributed by atoms with Crippen LogP contribution in [0.3, 0.4) is 0 Å². The predicted molar refractivity (Wildman–Crippen MR) is 107 cm³/mol. The molecule has 0 radical (unpaired) electrons. The summed E-state index contributed by atoms with van der Waals surface area (Å²) >= 11 is 0. The summed E-state index contributed by atoms with van der Waals surface area (Å²) in [4.78, 5) is 19.1. The molecule has 4 heteroatoms. The van der Waals surface area contributed by atoms with Gasteiger partial charge in [0.05, 0.1) is 6.04 Å². The minimum atomic E-state index is -0.0751. The van der Waals surface area contributed by atoms with Crippen LogP contribution in [0.15, 0.2) is 66.9 Å². The van der Waals surface area contributed by atoms with Crippen molar-refractivity contribution in [2.45, 2.75) is 13.0 Å². The van der Waals surface area contributed by atoms with Crippen LogP contribution in [0.2, 0.25) is 0 Å². The van der Waals surface area contributed by atoms with Gasteiger partial charge in [-0.1, -0.05) is 60.7 Å². The van der Waals surface area contributed by atoms with E-state index in [1.807, 2.05) is 61.3 Å². The van der Waals surface area contributed by atoms with E-state index in [-0.39, 0.29) is 12.1 Å². The lowest BCUT2D eigenvalue weighted by molar-refractivity contribution is 0.148. The maximum Gasteiger partial charge on any atom is 0.324 e. The van der Waals surface area contributed by atoms with E-state index >= 15 is 0 Å². The number of urea groups is 1. The second-order valence-electron chi connectivity index (χ2n) is 6.83. The predicted octanol–water partition coefficient (Wildman–Crippen LogP) is 4.09. The van der Waals surface area contributed by atoms with E-state index in [0.717, 1.165) is 23.2 Å². The SMILES string of the molecule is CCN1C=C(c2ccccc2)C(c2ccccc2)N(CCN(C)C)C1=O. The summed E-state index contributed by atoms with van der Waals surface area (Å²) in [6.07, 6.45) is 2.03. The van der Waals surface area contributed by atoms with Crippen LogP contribution in [-0.4, -0.2) is 54.5 Å². The van der Waals surface area contributed by atoms with Crippen molar-refractivity contribution in [3.8, 4) is 0 Å². The molecule has 0 saturated carbocycles. The normalized spacial score (nSPS) is 17.6. The van der Waals surface area contributed by atoms with Crippen LogP contribution >= 0.6 is 0 Å². The molecule has 2 amide bonds. The maximum absolute atomic E-state index is 13.1. The first kappa shape index (κ1) is 18.2. The summed E-state index contributed by atoms with van der Waals surface area (Å²) in [5.41, 5.74) is 3.46. The Morgan fingerprint density at radius 1 is 0.962 bits per heavy atom. The van der Waals surface area contributed by atoms with E-state index < -0.39 is 0 Å². The number of benzene rings is 2. The van der Waals surface area contributed by atoms with E-state index in [4.69, 9.17) is 0 Å². The summed E-state index contributed by atoms with van der Waals surface area (Å²) in [7, 11) is 4.08. The van der Waals surface area contributed by atoms with Gasteiger partial charge in [0.15, 0.2) is 0 Å². The van der Waals surface area contributed by atoms with Crippen molar-refractivity contribution < 1.29 is 4.79 Å². The minimum Gasteiger partial charge on any atom is -0.312 e. The van der Waals surface area contributed by atoms with Crippen LogP contribution in [0.4, 0.5) is 4.79 Å². The van der Waals surface area contributed by atoms with Crippen molar-refractivity contribution in [3.63, 3.8) is 0 Å². The van der Waals surface area contributed by atoms with Crippen LogP contribution in [0.25, 0.3) is 5.57 Å². The lowest BCUT2D eigenvalue weighted by atomic mass is 9.90. The van der Waals surface area contributed by atoms with Crippen molar-refractivity contribution in [3.05, 3.63) is 78.0 Å². The molecule has 1 aliphatic rings. The molecule has 1 unspecified atom stereocenters. The van der Waals surface area contributed by atoms with Gasteiger partial charge in [-0.2, -0.15) is 0 Å². The summed E-state index contributed by atoms with van der Waals surface area (Å²) in [5, 5.41) is 0. The van der Waals surface area contributed by atoms with E-state index in [0.29, 0.717) is 13.1 Å². The Hall–Kier alpha value is -2.59. The Labute approximate surface area is 156 Å². The summed E-state index contributed by atoms with van der Waals surface area (Å²) in [6, 6.07) is 20.7. The molecule has 0 fully saturated rings. The van der Waals surface area contributed by atoms with E-state index in [9.17, 15) is 4.79 Å². The molecule has 3 rings (SSSR count). The van der Waals surface area contributed by atoms with Gasteiger partial charge in [-0.15, -0.1) is 0 Å². The van der Waals surface area contributed by atoms with Crippen molar-refractivity contribution in [2.75, 3.05) is 33.7 Å². The van der Waals surface area contributed by atoms with Crippen molar-refractivity contribution in [1.82, 2.24) is 14.7 Å². The number of carbonyl (C=O) groups is 1. The third kappa shape index (κ3) is 3.81. The van der Waals surface area contributed by atoms with Crippen molar-refractivity contribution in [2.24, 2.45) is 0 Å². The van der Waals surface area contributed by atoms with Crippen LogP contribution < -0.4 is 0 Å². The van der Waals surface area contributed by atoms with Gasteiger partial charge in [-0.3, -0.25) is 0 Å². The second kappa shape index (κ2) is 8.19. The quantitative estimate of drug-likeness (QED) is 0.785. The highest BCUT2D eigenvalue weighted by Gasteiger charge is 2.35. The molecule has 1 aliphatic heterocycles. The molecule has 2 aromatic rings. The third-order valence-electron chi connectivity index (χ3n) is 4.74. The van der Waals surface area contributed by atoms with Gasteiger partial charge in [-0.25, -0.2) is 4.79 Å². The zero-order chi connectivity index (χ0) is 18.5. The molecule has 26 heavy (non-hydrogen) atoms. The fourth-order valence-electron chi connectivity index (χ4n) is 3.35. The van der Waals surface area contributed by atoms with Crippen LogP contribution in [0.1, 0.15) is 24.1 Å². The molecular formula is C22H27N3O. The number of amides is 2. The van der Waals surface area contributed by atoms with Gasteiger partial charge in [0.2, 0.25) is 0 Å². The second-order valence-corrected chi connectivity index (χ2v) is 6.83. The van der Waals surface area contributed by atoms with Gasteiger partial charge in [0.1, 0.15) is 0 Å². The summed E-state index contributed by atoms with van der Waals surface area (Å²) in [5.74, 6) is 0. The fourth-order valence-corrected chi connectivity index (χ4v) is 3.35. The van der Waals surface area contributed by atoms with Crippen LogP contribution in [-0.2, 0) is 0 Å². The van der Waals surface area contributed by atoms with Crippen molar-refractivity contribution in [1.29, 1.82) is 0 Å². The zero-order valence-electron chi connectivity index (χ0n) is 15.8. The number of hydrogen-bond acceptors (Lipinski definition) is 2. The number of carbonyl (C=O) groups excluding carboxylic acids is 1. The molecule has 0 saturated heterocycles. The molecule has 0 bridgehead atoms. The van der Waals surface area contributed by atoms with Crippen molar-refractivity contribution >= 4 is 11.6 Å². The molecule has 0 spiro atoms. The summed E-state index contributed by atoms with van der Waals surface area (Å²) < 4.78 is 0. The Morgan fingerprint density at radius 2 is 1.58 bits per heavy atom. The highest BCUT2D eigenvalue weighted by Crippen LogP contribution is 2.39. The zero-order valence-corrected chi connectivity index (χ0v) is 15.8. The molecule has 0 aromatic heterocycles. The average Bonchev–Trinajstić information content (AvgIpc) is 2.68. The van der Waals surface area contributed by atoms with Crippen LogP contribution in [0.5, 0.6) is 0 Å². The Morgan fingerprint density at radius 3 is 2.15 bits per heavy atom. The lowest BCUT2D eigenvalue weighted by Crippen LogP contribution is -2.48. The largest absolute Gasteiger partial charge is 0.324 e. The minimum absolute atomic E-state index is 0.0721. The number of rotatable bonds is 6. The highest BCUT2D eigenvalue weighted by molar-refractivity contribution is 5.86. The average molecular weight is 349 g/mol. The number of likely N-dealkylation sites (N-methyl/N-ethyl adjacent to an activating group) is 1. The van der Waals surface area contributed by atoms with E-state index in [1.54, 1.807) is 0 Å². The Bertz CT molecular complexity index is 755. The van der Waals surface area contributed by atoms with E-state index in [1.165, 1.54) is 0 Å². The third-order valence-corrected chi connectivity index (χ3v) is 4.74. The Balaban J connectivity index is 2.10. The number of hydrogen-bond donors (Lipinski definition) is 0. The maximum atomic E-state index is 13.1. The molecule has 4 nitrogen and oxygen atoms in total. The first-order valence-corrected chi connectivity index (χ1v) is 9.16. The molecule has 1 atom stereocenters. The first-order chi connectivity index (χ1) is 12.6. The lowest BCUT2D eigenvalue weighted by Gasteiger charge is -2.41. The molecule has 0 N–H and O–H groups in total. The van der Waals surface area contributed by atoms with Gasteiger partial charge >= 0.3 is 6.03 Å². The number of nitrogens with zero attached hydrogens (tertiary/aromatic N) is 3. The molecule has 136 valence electrons. The summed E-state index contributed by atoms with van der Waals surface area (Å²) in [6.45, 7) is 4.19. The Kier molecular flexibility index (Phi) is 5.74. The highest BCUT2D eigenvalue weighted by atomic mass is 16.2. The van der Waals surface area contributed by atoms with Gasteiger partial charge in [0.25, 0.3) is 0 Å².